The summed E-state index contributed by atoms with van der Waals surface area (Å²) in [5, 5.41) is 0. The third-order valence-electron chi connectivity index (χ3n) is 5.01. The van der Waals surface area contributed by atoms with Crippen LogP contribution in [0.3, 0.4) is 0 Å². The molecule has 1 aromatic carbocycles. The molecule has 1 amide bonds. The van der Waals surface area contributed by atoms with E-state index in [1.54, 1.807) is 6.08 Å². The number of carbonyl (C=O) groups excluding carboxylic acids is 1. The zero-order valence-electron chi connectivity index (χ0n) is 16.4. The predicted octanol–water partition coefficient (Wildman–Crippen LogP) is 3.33. The normalized spacial score (nSPS) is 25.6. The number of amides is 1. The third-order valence-corrected chi connectivity index (χ3v) is 5.01. The van der Waals surface area contributed by atoms with Gasteiger partial charge in [0.1, 0.15) is 0 Å². The van der Waals surface area contributed by atoms with Gasteiger partial charge in [-0.2, -0.15) is 0 Å². The van der Waals surface area contributed by atoms with Gasteiger partial charge in [-0.1, -0.05) is 36.4 Å². The second-order valence-electron chi connectivity index (χ2n) is 7.72. The van der Waals surface area contributed by atoms with Gasteiger partial charge >= 0.3 is 0 Å². The number of benzene rings is 1. The summed E-state index contributed by atoms with van der Waals surface area (Å²) in [4.78, 5) is 14.0. The highest BCUT2D eigenvalue weighted by Crippen LogP contribution is 2.30. The topological polar surface area (TPSA) is 48.0 Å². The summed E-state index contributed by atoms with van der Waals surface area (Å²) >= 11 is 0. The van der Waals surface area contributed by atoms with Crippen LogP contribution in [0.4, 0.5) is 0 Å². The highest BCUT2D eigenvalue weighted by molar-refractivity contribution is 5.87. The van der Waals surface area contributed by atoms with Gasteiger partial charge in [-0.15, -0.1) is 0 Å². The maximum atomic E-state index is 12.2. The van der Waals surface area contributed by atoms with Crippen molar-refractivity contribution in [3.63, 3.8) is 0 Å². The van der Waals surface area contributed by atoms with Crippen LogP contribution in [0.5, 0.6) is 0 Å². The molecule has 2 heterocycles. The van der Waals surface area contributed by atoms with Crippen molar-refractivity contribution in [1.29, 1.82) is 0 Å². The van der Waals surface area contributed by atoms with Gasteiger partial charge in [-0.25, -0.2) is 0 Å². The molecule has 3 rings (SSSR count). The summed E-state index contributed by atoms with van der Waals surface area (Å²) in [5.41, 5.74) is 1.33. The van der Waals surface area contributed by atoms with E-state index in [4.69, 9.17) is 14.2 Å². The maximum Gasteiger partial charge on any atom is 0.246 e. The van der Waals surface area contributed by atoms with E-state index in [9.17, 15) is 4.79 Å². The maximum absolute atomic E-state index is 12.2. The van der Waals surface area contributed by atoms with Crippen molar-refractivity contribution in [2.45, 2.75) is 57.5 Å². The minimum atomic E-state index is -0.591. The first-order chi connectivity index (χ1) is 13.0. The molecule has 2 atom stereocenters. The molecule has 0 N–H and O–H groups in total. The van der Waals surface area contributed by atoms with Gasteiger partial charge < -0.3 is 19.1 Å². The Bertz CT molecular complexity index is 622. The Morgan fingerprint density at radius 2 is 1.85 bits per heavy atom. The molecule has 0 unspecified atom stereocenters. The van der Waals surface area contributed by atoms with E-state index in [1.807, 2.05) is 30.9 Å². The van der Waals surface area contributed by atoms with Crippen LogP contribution >= 0.6 is 0 Å². The van der Waals surface area contributed by atoms with Gasteiger partial charge in [0.05, 0.1) is 25.4 Å². The van der Waals surface area contributed by atoms with Gasteiger partial charge in [-0.05, 0) is 44.7 Å². The van der Waals surface area contributed by atoms with Crippen LogP contribution in [0.1, 0.15) is 38.7 Å². The molecule has 2 fully saturated rings. The average Bonchev–Trinajstić information content (AvgIpc) is 2.67. The Morgan fingerprint density at radius 1 is 1.15 bits per heavy atom. The predicted molar refractivity (Wildman–Crippen MR) is 104 cm³/mol. The van der Waals surface area contributed by atoms with Crippen molar-refractivity contribution < 1.29 is 19.0 Å². The van der Waals surface area contributed by atoms with Crippen LogP contribution in [0, 0.1) is 0 Å². The monoisotopic (exact) mass is 373 g/mol. The zero-order chi connectivity index (χ0) is 19.1. The molecule has 0 spiro atoms. The molecule has 0 saturated carbocycles. The Labute approximate surface area is 162 Å². The van der Waals surface area contributed by atoms with Crippen LogP contribution in [0.25, 0.3) is 0 Å². The minimum Gasteiger partial charge on any atom is -0.378 e. The summed E-state index contributed by atoms with van der Waals surface area (Å²) in [7, 11) is 0. The minimum absolute atomic E-state index is 0.0604. The van der Waals surface area contributed by atoms with Gasteiger partial charge in [0.15, 0.2) is 5.79 Å². The molecule has 0 aliphatic carbocycles. The van der Waals surface area contributed by atoms with Crippen LogP contribution < -0.4 is 0 Å². The van der Waals surface area contributed by atoms with E-state index in [0.29, 0.717) is 26.3 Å². The smallest absolute Gasteiger partial charge is 0.246 e. The van der Waals surface area contributed by atoms with Gasteiger partial charge in [-0.3, -0.25) is 4.79 Å². The Hall–Kier alpha value is -1.69. The van der Waals surface area contributed by atoms with Gasteiger partial charge in [0.25, 0.3) is 0 Å². The third kappa shape index (κ3) is 6.45. The lowest BCUT2D eigenvalue weighted by Gasteiger charge is -2.40. The quantitative estimate of drug-likeness (QED) is 0.718. The molecule has 2 aliphatic heterocycles. The molecular formula is C22H31NO4. The molecule has 5 nitrogen and oxygen atoms in total. The summed E-state index contributed by atoms with van der Waals surface area (Å²) in [5.74, 6) is -0.531. The van der Waals surface area contributed by atoms with Crippen molar-refractivity contribution in [1.82, 2.24) is 4.90 Å². The van der Waals surface area contributed by atoms with E-state index >= 15 is 0 Å². The number of carbonyl (C=O) groups is 1. The molecule has 27 heavy (non-hydrogen) atoms. The van der Waals surface area contributed by atoms with Crippen molar-refractivity contribution in [3.8, 4) is 0 Å². The fourth-order valence-electron chi connectivity index (χ4n) is 3.72. The summed E-state index contributed by atoms with van der Waals surface area (Å²) in [6.07, 6.45) is 7.42. The van der Waals surface area contributed by atoms with Crippen LogP contribution in [0.15, 0.2) is 42.5 Å². The number of nitrogens with zero attached hydrogens (tertiary/aromatic N) is 1. The van der Waals surface area contributed by atoms with E-state index in [1.165, 1.54) is 5.56 Å². The Balaban J connectivity index is 1.49. The highest BCUT2D eigenvalue weighted by atomic mass is 16.7. The SMILES string of the molecule is CC1(C)O[C@H](C/C=C/C(=O)N2CCOCC2)C[C@H](CCc2ccccc2)O1. The molecule has 1 aromatic rings. The molecule has 148 valence electrons. The molecule has 0 bridgehead atoms. The number of rotatable bonds is 6. The lowest BCUT2D eigenvalue weighted by atomic mass is 9.99. The first-order valence-electron chi connectivity index (χ1n) is 9.94. The van der Waals surface area contributed by atoms with Crippen molar-refractivity contribution in [2.75, 3.05) is 26.3 Å². The van der Waals surface area contributed by atoms with Crippen LogP contribution in [-0.4, -0.2) is 55.1 Å². The Kier molecular flexibility index (Phi) is 7.05. The van der Waals surface area contributed by atoms with E-state index in [2.05, 4.69) is 24.3 Å². The zero-order valence-corrected chi connectivity index (χ0v) is 16.4. The number of aryl methyl sites for hydroxylation is 1. The summed E-state index contributed by atoms with van der Waals surface area (Å²) in [6.45, 7) is 6.53. The van der Waals surface area contributed by atoms with Crippen molar-refractivity contribution in [3.05, 3.63) is 48.0 Å². The molecule has 5 heteroatoms. The number of hydrogen-bond donors (Lipinski definition) is 0. The molecule has 2 aliphatic rings. The van der Waals surface area contributed by atoms with Crippen molar-refractivity contribution >= 4 is 5.91 Å². The standard InChI is InChI=1S/C22H31NO4/c1-22(2)26-19(9-6-10-21(24)23-13-15-25-16-14-23)17-20(27-22)12-11-18-7-4-3-5-8-18/h3-8,10,19-20H,9,11-17H2,1-2H3/b10-6+/t19-,20+/m1/s1. The first kappa shape index (κ1) is 20.1. The largest absolute Gasteiger partial charge is 0.378 e. The summed E-state index contributed by atoms with van der Waals surface area (Å²) in [6, 6.07) is 10.5. The van der Waals surface area contributed by atoms with E-state index < -0.39 is 5.79 Å². The second kappa shape index (κ2) is 9.49. The Morgan fingerprint density at radius 3 is 2.59 bits per heavy atom. The highest BCUT2D eigenvalue weighted by Gasteiger charge is 2.34. The number of morpholine rings is 1. The van der Waals surface area contributed by atoms with E-state index in [-0.39, 0.29) is 18.1 Å². The average molecular weight is 373 g/mol. The fourth-order valence-corrected chi connectivity index (χ4v) is 3.72. The molecule has 0 aromatic heterocycles. The number of ether oxygens (including phenoxy) is 3. The van der Waals surface area contributed by atoms with Crippen molar-refractivity contribution in [2.24, 2.45) is 0 Å². The van der Waals surface area contributed by atoms with Crippen LogP contribution in [0.2, 0.25) is 0 Å². The van der Waals surface area contributed by atoms with Crippen LogP contribution in [-0.2, 0) is 25.4 Å². The van der Waals surface area contributed by atoms with Gasteiger partial charge in [0, 0.05) is 19.5 Å². The van der Waals surface area contributed by atoms with Gasteiger partial charge in [0.2, 0.25) is 5.91 Å². The molecular weight excluding hydrogens is 342 g/mol. The lowest BCUT2D eigenvalue weighted by Crippen LogP contribution is -2.44. The summed E-state index contributed by atoms with van der Waals surface area (Å²) < 4.78 is 17.5. The molecule has 0 radical (unpaired) electrons. The second-order valence-corrected chi connectivity index (χ2v) is 7.72. The van der Waals surface area contributed by atoms with E-state index in [0.717, 1.165) is 25.7 Å². The molecule has 2 saturated heterocycles. The lowest BCUT2D eigenvalue weighted by molar-refractivity contribution is -0.299. The fraction of sp³-hybridized carbons (Fsp3) is 0.591. The first-order valence-corrected chi connectivity index (χ1v) is 9.94. The number of hydrogen-bond acceptors (Lipinski definition) is 4.